The van der Waals surface area contributed by atoms with Crippen LogP contribution in [0, 0.1) is 0 Å². The first-order valence-electron chi connectivity index (χ1n) is 8.67. The number of nitrogens with zero attached hydrogens (tertiary/aromatic N) is 3. The van der Waals surface area contributed by atoms with E-state index in [0.29, 0.717) is 12.3 Å². The van der Waals surface area contributed by atoms with Crippen LogP contribution in [-0.4, -0.2) is 41.7 Å². The van der Waals surface area contributed by atoms with E-state index in [0.717, 1.165) is 25.5 Å². The number of piperazine rings is 1. The summed E-state index contributed by atoms with van der Waals surface area (Å²) in [6.07, 6.45) is 0.659. The Morgan fingerprint density at radius 1 is 1.08 bits per heavy atom. The third kappa shape index (κ3) is 4.12. The van der Waals surface area contributed by atoms with E-state index in [1.807, 2.05) is 6.07 Å². The quantitative estimate of drug-likeness (QED) is 0.763. The Balaban J connectivity index is 0.00000196. The summed E-state index contributed by atoms with van der Waals surface area (Å²) in [6, 6.07) is 19.1. The lowest BCUT2D eigenvalue weighted by molar-refractivity contribution is 0.190. The predicted octanol–water partition coefficient (Wildman–Crippen LogP) is 3.33. The van der Waals surface area contributed by atoms with Crippen LogP contribution in [-0.2, 0) is 6.42 Å². The highest BCUT2D eigenvalue weighted by atomic mass is 35.5. The van der Waals surface area contributed by atoms with Crippen LogP contribution in [0.5, 0.6) is 0 Å². The van der Waals surface area contributed by atoms with Crippen LogP contribution in [0.4, 0.5) is 0 Å². The molecule has 1 unspecified atom stereocenters. The van der Waals surface area contributed by atoms with E-state index in [2.05, 4.69) is 75.9 Å². The largest absolute Gasteiger partial charge is 0.339 e. The maximum absolute atomic E-state index is 5.47. The summed E-state index contributed by atoms with van der Waals surface area (Å²) in [5.74, 6) is 1.44. The van der Waals surface area contributed by atoms with Gasteiger partial charge in [0.15, 0.2) is 5.82 Å². The molecule has 2 aromatic carbocycles. The smallest absolute Gasteiger partial charge is 0.231 e. The van der Waals surface area contributed by atoms with Gasteiger partial charge in [0.05, 0.1) is 12.5 Å². The van der Waals surface area contributed by atoms with Crippen LogP contribution in [0.1, 0.15) is 23.3 Å². The van der Waals surface area contributed by atoms with Gasteiger partial charge in [0.2, 0.25) is 5.89 Å². The zero-order valence-corrected chi connectivity index (χ0v) is 15.6. The molecule has 1 saturated heterocycles. The van der Waals surface area contributed by atoms with Crippen molar-refractivity contribution in [3.63, 3.8) is 0 Å². The van der Waals surface area contributed by atoms with Crippen molar-refractivity contribution < 1.29 is 4.52 Å². The molecule has 0 radical (unpaired) electrons. The zero-order chi connectivity index (χ0) is 17.1. The van der Waals surface area contributed by atoms with E-state index >= 15 is 0 Å². The monoisotopic (exact) mass is 370 g/mol. The normalized spacial score (nSPS) is 17.7. The molecular formula is C20H23ClN4O. The minimum atomic E-state index is 0. The van der Waals surface area contributed by atoms with Gasteiger partial charge in [-0.3, -0.25) is 4.90 Å². The Kier molecular flexibility index (Phi) is 6.04. The SMILES string of the molecule is CN1CCNCC1c1noc(Cc2ccc(-c3ccccc3)cc2)n1.Cl. The molecular weight excluding hydrogens is 348 g/mol. The summed E-state index contributed by atoms with van der Waals surface area (Å²) in [7, 11) is 2.10. The Labute approximate surface area is 159 Å². The minimum Gasteiger partial charge on any atom is -0.339 e. The van der Waals surface area contributed by atoms with Crippen molar-refractivity contribution in [1.29, 1.82) is 0 Å². The highest BCUT2D eigenvalue weighted by Crippen LogP contribution is 2.21. The number of nitrogens with one attached hydrogen (secondary N) is 1. The molecule has 136 valence electrons. The van der Waals surface area contributed by atoms with Gasteiger partial charge in [-0.25, -0.2) is 0 Å². The standard InChI is InChI=1S/C20H22N4O.ClH/c1-24-12-11-21-14-18(24)20-22-19(25-23-20)13-15-7-9-17(10-8-15)16-5-3-2-4-6-16;/h2-10,18,21H,11-14H2,1H3;1H. The number of rotatable bonds is 4. The first-order chi connectivity index (χ1) is 12.3. The fraction of sp³-hybridized carbons (Fsp3) is 0.300. The molecule has 3 aromatic rings. The van der Waals surface area contributed by atoms with Gasteiger partial charge in [0, 0.05) is 19.6 Å². The average Bonchev–Trinajstić information content (AvgIpc) is 3.12. The maximum Gasteiger partial charge on any atom is 0.231 e. The summed E-state index contributed by atoms with van der Waals surface area (Å²) >= 11 is 0. The van der Waals surface area contributed by atoms with Crippen molar-refractivity contribution in [2.45, 2.75) is 12.5 Å². The summed E-state index contributed by atoms with van der Waals surface area (Å²) in [5.41, 5.74) is 3.61. The van der Waals surface area contributed by atoms with Crippen LogP contribution < -0.4 is 5.32 Å². The Bertz CT molecular complexity index is 819. The van der Waals surface area contributed by atoms with Crippen molar-refractivity contribution >= 4 is 12.4 Å². The first kappa shape index (κ1) is 18.6. The lowest BCUT2D eigenvalue weighted by Crippen LogP contribution is -2.44. The van der Waals surface area contributed by atoms with Gasteiger partial charge in [0.25, 0.3) is 0 Å². The molecule has 5 nitrogen and oxygen atoms in total. The van der Waals surface area contributed by atoms with Crippen molar-refractivity contribution in [1.82, 2.24) is 20.4 Å². The molecule has 1 aliphatic rings. The van der Waals surface area contributed by atoms with Gasteiger partial charge in [-0.05, 0) is 23.7 Å². The molecule has 0 bridgehead atoms. The first-order valence-corrected chi connectivity index (χ1v) is 8.67. The molecule has 1 aromatic heterocycles. The molecule has 0 spiro atoms. The molecule has 2 heterocycles. The van der Waals surface area contributed by atoms with Gasteiger partial charge in [-0.15, -0.1) is 12.4 Å². The van der Waals surface area contributed by atoms with Gasteiger partial charge in [-0.2, -0.15) is 4.98 Å². The molecule has 26 heavy (non-hydrogen) atoms. The fourth-order valence-electron chi connectivity index (χ4n) is 3.19. The summed E-state index contributed by atoms with van der Waals surface area (Å²) in [6.45, 7) is 2.86. The Morgan fingerprint density at radius 2 is 1.81 bits per heavy atom. The second kappa shape index (κ2) is 8.45. The predicted molar refractivity (Wildman–Crippen MR) is 104 cm³/mol. The summed E-state index contributed by atoms with van der Waals surface area (Å²) in [4.78, 5) is 6.86. The number of hydrogen-bond donors (Lipinski definition) is 1. The van der Waals surface area contributed by atoms with Crippen molar-refractivity contribution in [3.05, 3.63) is 71.9 Å². The number of likely N-dealkylation sites (N-methyl/N-ethyl adjacent to an activating group) is 1. The van der Waals surface area contributed by atoms with E-state index in [1.54, 1.807) is 0 Å². The molecule has 1 aliphatic heterocycles. The molecule has 0 saturated carbocycles. The van der Waals surface area contributed by atoms with Crippen LogP contribution in [0.25, 0.3) is 11.1 Å². The van der Waals surface area contributed by atoms with Crippen LogP contribution in [0.15, 0.2) is 59.1 Å². The van der Waals surface area contributed by atoms with E-state index in [9.17, 15) is 0 Å². The second-order valence-electron chi connectivity index (χ2n) is 6.49. The van der Waals surface area contributed by atoms with E-state index in [-0.39, 0.29) is 18.4 Å². The molecule has 0 aliphatic carbocycles. The van der Waals surface area contributed by atoms with Gasteiger partial charge in [0.1, 0.15) is 0 Å². The van der Waals surface area contributed by atoms with Gasteiger partial charge >= 0.3 is 0 Å². The number of halogens is 1. The van der Waals surface area contributed by atoms with E-state index in [4.69, 9.17) is 4.52 Å². The molecule has 1 atom stereocenters. The molecule has 1 N–H and O–H groups in total. The van der Waals surface area contributed by atoms with E-state index in [1.165, 1.54) is 16.7 Å². The zero-order valence-electron chi connectivity index (χ0n) is 14.8. The molecule has 0 amide bonds. The second-order valence-corrected chi connectivity index (χ2v) is 6.49. The summed E-state index contributed by atoms with van der Waals surface area (Å²) in [5, 5.41) is 7.56. The van der Waals surface area contributed by atoms with E-state index < -0.39 is 0 Å². The molecule has 6 heteroatoms. The van der Waals surface area contributed by atoms with Gasteiger partial charge in [-0.1, -0.05) is 59.8 Å². The van der Waals surface area contributed by atoms with Crippen LogP contribution in [0.2, 0.25) is 0 Å². The topological polar surface area (TPSA) is 54.2 Å². The summed E-state index contributed by atoms with van der Waals surface area (Å²) < 4.78 is 5.47. The average molecular weight is 371 g/mol. The van der Waals surface area contributed by atoms with Crippen molar-refractivity contribution in [2.75, 3.05) is 26.7 Å². The number of aromatic nitrogens is 2. The molecule has 1 fully saturated rings. The minimum absolute atomic E-state index is 0. The lowest BCUT2D eigenvalue weighted by Gasteiger charge is -2.30. The molecule has 4 rings (SSSR count). The van der Waals surface area contributed by atoms with Crippen LogP contribution >= 0.6 is 12.4 Å². The number of benzene rings is 2. The lowest BCUT2D eigenvalue weighted by atomic mass is 10.0. The number of hydrogen-bond acceptors (Lipinski definition) is 5. The maximum atomic E-state index is 5.47. The highest BCUT2D eigenvalue weighted by Gasteiger charge is 2.25. The third-order valence-electron chi connectivity index (χ3n) is 4.71. The van der Waals surface area contributed by atoms with Crippen LogP contribution in [0.3, 0.4) is 0 Å². The van der Waals surface area contributed by atoms with Gasteiger partial charge < -0.3 is 9.84 Å². The Morgan fingerprint density at radius 3 is 2.54 bits per heavy atom. The fourth-order valence-corrected chi connectivity index (χ4v) is 3.19. The van der Waals surface area contributed by atoms with Crippen molar-refractivity contribution in [2.24, 2.45) is 0 Å². The Hall–Kier alpha value is -2.21. The van der Waals surface area contributed by atoms with Crippen molar-refractivity contribution in [3.8, 4) is 11.1 Å². The third-order valence-corrected chi connectivity index (χ3v) is 4.71. The highest BCUT2D eigenvalue weighted by molar-refractivity contribution is 5.85.